The minimum Gasteiger partial charge on any atom is -0.465 e. The maximum Gasteiger partial charge on any atom is 0.407 e. The number of rotatable bonds is 9. The van der Waals surface area contributed by atoms with E-state index in [2.05, 4.69) is 0 Å². The second kappa shape index (κ2) is 10.6. The van der Waals surface area contributed by atoms with Crippen molar-refractivity contribution in [2.75, 3.05) is 19.6 Å². The van der Waals surface area contributed by atoms with Gasteiger partial charge < -0.3 is 19.7 Å². The van der Waals surface area contributed by atoms with Gasteiger partial charge in [0.05, 0.1) is 6.54 Å². The van der Waals surface area contributed by atoms with E-state index in [0.29, 0.717) is 13.0 Å². The first-order valence-corrected chi connectivity index (χ1v) is 9.36. The molecule has 6 nitrogen and oxygen atoms in total. The molecule has 1 aromatic carbocycles. The van der Waals surface area contributed by atoms with Crippen LogP contribution in [0.5, 0.6) is 0 Å². The zero-order valence-corrected chi connectivity index (χ0v) is 15.2. The molecule has 142 valence electrons. The Morgan fingerprint density at radius 1 is 1.08 bits per heavy atom. The van der Waals surface area contributed by atoms with Crippen LogP contribution < -0.4 is 0 Å². The lowest BCUT2D eigenvalue weighted by molar-refractivity contribution is -0.136. The molecule has 1 fully saturated rings. The SMILES string of the molecule is O=CCN(C(=O)CCN(CCc1ccccc1)C(=O)O)C1CCCCC1. The van der Waals surface area contributed by atoms with E-state index in [-0.39, 0.29) is 31.5 Å². The van der Waals surface area contributed by atoms with Gasteiger partial charge in [-0.3, -0.25) is 4.79 Å². The van der Waals surface area contributed by atoms with Crippen LogP contribution in [0, 0.1) is 0 Å². The van der Waals surface area contributed by atoms with E-state index in [9.17, 15) is 19.5 Å². The molecule has 0 unspecified atom stereocenters. The van der Waals surface area contributed by atoms with Crippen LogP contribution in [0.2, 0.25) is 0 Å². The molecule has 1 aliphatic carbocycles. The van der Waals surface area contributed by atoms with Crippen LogP contribution in [0.25, 0.3) is 0 Å². The number of carbonyl (C=O) groups is 3. The Kier molecular flexibility index (Phi) is 8.12. The molecule has 2 rings (SSSR count). The van der Waals surface area contributed by atoms with Crippen molar-refractivity contribution in [2.45, 2.75) is 51.0 Å². The number of nitrogens with zero attached hydrogens (tertiary/aromatic N) is 2. The van der Waals surface area contributed by atoms with Crippen LogP contribution in [0.15, 0.2) is 30.3 Å². The summed E-state index contributed by atoms with van der Waals surface area (Å²) in [5, 5.41) is 9.40. The maximum absolute atomic E-state index is 12.6. The lowest BCUT2D eigenvalue weighted by Crippen LogP contribution is -2.44. The summed E-state index contributed by atoms with van der Waals surface area (Å²) in [4.78, 5) is 38.0. The van der Waals surface area contributed by atoms with Crippen LogP contribution in [-0.2, 0) is 16.0 Å². The normalized spacial score (nSPS) is 14.6. The molecule has 0 bridgehead atoms. The van der Waals surface area contributed by atoms with E-state index in [1.54, 1.807) is 4.90 Å². The minimum absolute atomic E-state index is 0.0978. The predicted molar refractivity (Wildman–Crippen MR) is 99.0 cm³/mol. The topological polar surface area (TPSA) is 77.9 Å². The van der Waals surface area contributed by atoms with Crippen molar-refractivity contribution in [1.82, 2.24) is 9.80 Å². The maximum atomic E-state index is 12.6. The Morgan fingerprint density at radius 3 is 2.38 bits per heavy atom. The van der Waals surface area contributed by atoms with E-state index in [1.165, 1.54) is 11.3 Å². The largest absolute Gasteiger partial charge is 0.465 e. The summed E-state index contributed by atoms with van der Waals surface area (Å²) in [5.74, 6) is -0.130. The highest BCUT2D eigenvalue weighted by atomic mass is 16.4. The van der Waals surface area contributed by atoms with Crippen molar-refractivity contribution >= 4 is 18.3 Å². The van der Waals surface area contributed by atoms with Gasteiger partial charge in [-0.15, -0.1) is 0 Å². The molecule has 0 saturated heterocycles. The van der Waals surface area contributed by atoms with E-state index >= 15 is 0 Å². The van der Waals surface area contributed by atoms with Crippen LogP contribution >= 0.6 is 0 Å². The molecule has 0 heterocycles. The number of hydrogen-bond donors (Lipinski definition) is 1. The van der Waals surface area contributed by atoms with Gasteiger partial charge in [0, 0.05) is 25.6 Å². The van der Waals surface area contributed by atoms with Crippen molar-refractivity contribution in [2.24, 2.45) is 0 Å². The second-order valence-electron chi connectivity index (χ2n) is 6.76. The first kappa shape index (κ1) is 19.9. The average molecular weight is 360 g/mol. The number of amides is 2. The van der Waals surface area contributed by atoms with Crippen LogP contribution in [-0.4, -0.2) is 58.9 Å². The van der Waals surface area contributed by atoms with Gasteiger partial charge in [-0.05, 0) is 24.8 Å². The molecule has 0 aliphatic heterocycles. The lowest BCUT2D eigenvalue weighted by atomic mass is 9.94. The van der Waals surface area contributed by atoms with E-state index in [0.717, 1.165) is 37.5 Å². The van der Waals surface area contributed by atoms with Gasteiger partial charge in [-0.1, -0.05) is 49.6 Å². The van der Waals surface area contributed by atoms with E-state index in [4.69, 9.17) is 0 Å². The Hall–Kier alpha value is -2.37. The molecule has 2 amide bonds. The minimum atomic E-state index is -1.02. The van der Waals surface area contributed by atoms with Crippen molar-refractivity contribution in [1.29, 1.82) is 0 Å². The van der Waals surface area contributed by atoms with Gasteiger partial charge in [0.1, 0.15) is 6.29 Å². The zero-order chi connectivity index (χ0) is 18.8. The van der Waals surface area contributed by atoms with Crippen LogP contribution in [0.3, 0.4) is 0 Å². The fraction of sp³-hybridized carbons (Fsp3) is 0.550. The van der Waals surface area contributed by atoms with E-state index < -0.39 is 6.09 Å². The molecule has 26 heavy (non-hydrogen) atoms. The highest BCUT2D eigenvalue weighted by Crippen LogP contribution is 2.23. The molecule has 1 aromatic rings. The Bertz CT molecular complexity index is 585. The molecule has 6 heteroatoms. The highest BCUT2D eigenvalue weighted by Gasteiger charge is 2.25. The zero-order valence-electron chi connectivity index (χ0n) is 15.2. The molecule has 0 atom stereocenters. The summed E-state index contributed by atoms with van der Waals surface area (Å²) in [6.07, 6.45) is 5.65. The Balaban J connectivity index is 1.87. The van der Waals surface area contributed by atoms with Crippen molar-refractivity contribution in [3.8, 4) is 0 Å². The number of carbonyl (C=O) groups excluding carboxylic acids is 2. The van der Waals surface area contributed by atoms with Crippen molar-refractivity contribution in [3.63, 3.8) is 0 Å². The van der Waals surface area contributed by atoms with Gasteiger partial charge in [-0.2, -0.15) is 0 Å². The van der Waals surface area contributed by atoms with Gasteiger partial charge in [-0.25, -0.2) is 4.79 Å². The predicted octanol–water partition coefficient (Wildman–Crippen LogP) is 2.96. The van der Waals surface area contributed by atoms with Crippen LogP contribution in [0.1, 0.15) is 44.1 Å². The smallest absolute Gasteiger partial charge is 0.407 e. The van der Waals surface area contributed by atoms with Crippen molar-refractivity contribution < 1.29 is 19.5 Å². The summed E-state index contributed by atoms with van der Waals surface area (Å²) in [6, 6.07) is 9.80. The highest BCUT2D eigenvalue weighted by molar-refractivity contribution is 5.79. The summed E-state index contributed by atoms with van der Waals surface area (Å²) in [5.41, 5.74) is 1.06. The van der Waals surface area contributed by atoms with Gasteiger partial charge >= 0.3 is 6.09 Å². The van der Waals surface area contributed by atoms with Gasteiger partial charge in [0.2, 0.25) is 5.91 Å². The monoisotopic (exact) mass is 360 g/mol. The third-order valence-corrected chi connectivity index (χ3v) is 4.99. The van der Waals surface area contributed by atoms with E-state index in [1.807, 2.05) is 30.3 Å². The summed E-state index contributed by atoms with van der Waals surface area (Å²) < 4.78 is 0. The lowest BCUT2D eigenvalue weighted by Gasteiger charge is -2.33. The molecule has 0 aromatic heterocycles. The summed E-state index contributed by atoms with van der Waals surface area (Å²) in [7, 11) is 0. The third kappa shape index (κ3) is 6.17. The Morgan fingerprint density at radius 2 is 1.77 bits per heavy atom. The fourth-order valence-electron chi connectivity index (χ4n) is 3.51. The second-order valence-corrected chi connectivity index (χ2v) is 6.76. The average Bonchev–Trinajstić information content (AvgIpc) is 2.67. The number of carboxylic acid groups (broad SMARTS) is 1. The fourth-order valence-corrected chi connectivity index (χ4v) is 3.51. The first-order chi connectivity index (χ1) is 12.6. The third-order valence-electron chi connectivity index (χ3n) is 4.99. The molecular formula is C20H28N2O4. The molecule has 1 N–H and O–H groups in total. The van der Waals surface area contributed by atoms with Gasteiger partial charge in [0.15, 0.2) is 0 Å². The van der Waals surface area contributed by atoms with Crippen LogP contribution in [0.4, 0.5) is 4.79 Å². The van der Waals surface area contributed by atoms with Crippen molar-refractivity contribution in [3.05, 3.63) is 35.9 Å². The Labute approximate surface area is 154 Å². The standard InChI is InChI=1S/C20H28N2O4/c23-16-15-22(18-9-5-2-6-10-18)19(24)12-14-21(20(25)26)13-11-17-7-3-1-4-8-17/h1,3-4,7-8,16,18H,2,5-6,9-15H2,(H,25,26). The molecule has 0 radical (unpaired) electrons. The number of benzene rings is 1. The van der Waals surface area contributed by atoms with Gasteiger partial charge in [0.25, 0.3) is 0 Å². The number of aldehydes is 1. The summed E-state index contributed by atoms with van der Waals surface area (Å²) in [6.45, 7) is 0.605. The molecular weight excluding hydrogens is 332 g/mol. The molecule has 0 spiro atoms. The number of hydrogen-bond acceptors (Lipinski definition) is 3. The summed E-state index contributed by atoms with van der Waals surface area (Å²) >= 11 is 0. The quantitative estimate of drug-likeness (QED) is 0.687. The molecule has 1 aliphatic rings. The molecule has 1 saturated carbocycles. The first-order valence-electron chi connectivity index (χ1n) is 9.36.